The van der Waals surface area contributed by atoms with Gasteiger partial charge in [-0.2, -0.15) is 13.2 Å². The molecule has 0 unspecified atom stereocenters. The zero-order valence-corrected chi connectivity index (χ0v) is 13.9. The summed E-state index contributed by atoms with van der Waals surface area (Å²) < 4.78 is 39.7. The molecule has 0 fully saturated rings. The Kier molecular flexibility index (Phi) is 4.49. The minimum atomic E-state index is -4.43. The molecule has 0 aromatic carbocycles. The van der Waals surface area contributed by atoms with Gasteiger partial charge in [0.1, 0.15) is 17.3 Å². The lowest BCUT2D eigenvalue weighted by molar-refractivity contribution is -0.141. The van der Waals surface area contributed by atoms with E-state index in [4.69, 9.17) is 0 Å². The number of aryl methyl sites for hydroxylation is 3. The number of alkyl halides is 3. The quantitative estimate of drug-likeness (QED) is 0.919. The number of nitrogens with zero attached hydrogens (tertiary/aromatic N) is 4. The molecule has 3 heterocycles. The van der Waals surface area contributed by atoms with Crippen LogP contribution in [0.5, 0.6) is 0 Å². The van der Waals surface area contributed by atoms with Crippen LogP contribution in [0.2, 0.25) is 0 Å². The molecule has 1 amide bonds. The molecule has 134 valence electrons. The first-order chi connectivity index (χ1) is 11.7. The summed E-state index contributed by atoms with van der Waals surface area (Å²) in [7, 11) is 0. The van der Waals surface area contributed by atoms with Gasteiger partial charge in [0.15, 0.2) is 5.69 Å². The molecule has 1 atom stereocenters. The van der Waals surface area contributed by atoms with Crippen molar-refractivity contribution >= 4 is 5.91 Å². The molecule has 0 radical (unpaired) electrons. The lowest BCUT2D eigenvalue weighted by Crippen LogP contribution is -2.34. The molecule has 2 aromatic heterocycles. The molecule has 0 saturated heterocycles. The highest BCUT2D eigenvalue weighted by Crippen LogP contribution is 2.30. The van der Waals surface area contributed by atoms with Crippen LogP contribution >= 0.6 is 0 Å². The van der Waals surface area contributed by atoms with E-state index in [0.29, 0.717) is 49.0 Å². The van der Waals surface area contributed by atoms with Gasteiger partial charge in [-0.1, -0.05) is 0 Å². The van der Waals surface area contributed by atoms with Crippen LogP contribution in [0.3, 0.4) is 0 Å². The van der Waals surface area contributed by atoms with Crippen molar-refractivity contribution in [2.45, 2.75) is 39.4 Å². The number of rotatable bonds is 3. The number of amides is 1. The maximum absolute atomic E-state index is 12.7. The van der Waals surface area contributed by atoms with E-state index < -0.39 is 11.9 Å². The molecular weight excluding hydrogens is 335 g/mol. The van der Waals surface area contributed by atoms with Gasteiger partial charge in [-0.25, -0.2) is 15.0 Å². The van der Waals surface area contributed by atoms with Crippen LogP contribution in [-0.4, -0.2) is 32.0 Å². The molecule has 1 N–H and O–H groups in total. The van der Waals surface area contributed by atoms with Gasteiger partial charge in [0.2, 0.25) is 0 Å². The fourth-order valence-electron chi connectivity index (χ4n) is 2.98. The van der Waals surface area contributed by atoms with Crippen molar-refractivity contribution in [3.63, 3.8) is 0 Å². The van der Waals surface area contributed by atoms with Gasteiger partial charge in [-0.05, 0) is 32.3 Å². The van der Waals surface area contributed by atoms with Crippen molar-refractivity contribution < 1.29 is 18.0 Å². The number of carbonyl (C=O) groups is 1. The number of nitrogens with one attached hydrogen (secondary N) is 1. The lowest BCUT2D eigenvalue weighted by atomic mass is 9.99. The summed E-state index contributed by atoms with van der Waals surface area (Å²) in [4.78, 5) is 24.1. The highest BCUT2D eigenvalue weighted by molar-refractivity contribution is 5.92. The number of halogens is 3. The number of hydrogen-bond donors (Lipinski definition) is 1. The third kappa shape index (κ3) is 3.97. The van der Waals surface area contributed by atoms with Crippen LogP contribution in [-0.2, 0) is 19.1 Å². The predicted octanol–water partition coefficient (Wildman–Crippen LogP) is 2.30. The van der Waals surface area contributed by atoms with Crippen LogP contribution in [0.25, 0.3) is 0 Å². The van der Waals surface area contributed by atoms with Crippen molar-refractivity contribution in [2.75, 3.05) is 6.54 Å². The van der Waals surface area contributed by atoms with Crippen molar-refractivity contribution in [2.24, 2.45) is 5.92 Å². The fourth-order valence-corrected chi connectivity index (χ4v) is 2.98. The van der Waals surface area contributed by atoms with Crippen LogP contribution in [0, 0.1) is 19.8 Å². The largest absolute Gasteiger partial charge is 0.434 e. The van der Waals surface area contributed by atoms with Crippen LogP contribution in [0.1, 0.15) is 39.9 Å². The molecule has 6 nitrogen and oxygen atoms in total. The first-order valence-corrected chi connectivity index (χ1v) is 7.96. The Morgan fingerprint density at radius 1 is 1.32 bits per heavy atom. The average Bonchev–Trinajstić information content (AvgIpc) is 2.95. The maximum atomic E-state index is 12.7. The Labute approximate surface area is 142 Å². The van der Waals surface area contributed by atoms with Crippen LogP contribution in [0.15, 0.2) is 12.3 Å². The lowest BCUT2D eigenvalue weighted by Gasteiger charge is -2.23. The molecule has 25 heavy (non-hydrogen) atoms. The standard InChI is InChI=1S/C16H18F3N5O/c1-9-5-12(22-10(2)21-9)15(25)20-6-11-3-4-14-23-13(16(17,18)19)8-24(14)7-11/h5,8,11H,3-4,6-7H2,1-2H3,(H,20,25)/t11-/m1/s1. The first kappa shape index (κ1) is 17.4. The van der Waals surface area contributed by atoms with Gasteiger partial charge in [0, 0.05) is 31.4 Å². The average molecular weight is 353 g/mol. The number of imidazole rings is 1. The molecular formula is C16H18F3N5O. The molecule has 0 spiro atoms. The summed E-state index contributed by atoms with van der Waals surface area (Å²) in [5.41, 5.74) is 0.140. The molecule has 9 heteroatoms. The van der Waals surface area contributed by atoms with Gasteiger partial charge in [0.05, 0.1) is 0 Å². The Morgan fingerprint density at radius 3 is 2.76 bits per heavy atom. The number of carbonyl (C=O) groups excluding carboxylic acids is 1. The zero-order valence-electron chi connectivity index (χ0n) is 13.9. The minimum absolute atomic E-state index is 0.0516. The van der Waals surface area contributed by atoms with Gasteiger partial charge >= 0.3 is 6.18 Å². The second kappa shape index (κ2) is 6.45. The Balaban J connectivity index is 1.61. The van der Waals surface area contributed by atoms with Crippen LogP contribution < -0.4 is 5.32 Å². The molecule has 1 aliphatic heterocycles. The van der Waals surface area contributed by atoms with E-state index in [1.54, 1.807) is 19.9 Å². The van der Waals surface area contributed by atoms with Gasteiger partial charge < -0.3 is 9.88 Å². The Morgan fingerprint density at radius 2 is 2.08 bits per heavy atom. The fraction of sp³-hybridized carbons (Fsp3) is 0.500. The number of aromatic nitrogens is 4. The minimum Gasteiger partial charge on any atom is -0.350 e. The SMILES string of the molecule is Cc1cc(C(=O)NC[C@H]2CCc3nc(C(F)(F)F)cn3C2)nc(C)n1. The summed E-state index contributed by atoms with van der Waals surface area (Å²) in [6.45, 7) is 4.27. The molecule has 3 rings (SSSR count). The van der Waals surface area contributed by atoms with Crippen molar-refractivity contribution in [3.8, 4) is 0 Å². The first-order valence-electron chi connectivity index (χ1n) is 7.96. The highest BCUT2D eigenvalue weighted by atomic mass is 19.4. The predicted molar refractivity (Wildman–Crippen MR) is 82.9 cm³/mol. The molecule has 1 aliphatic rings. The van der Waals surface area contributed by atoms with Gasteiger partial charge in [-0.3, -0.25) is 4.79 Å². The van der Waals surface area contributed by atoms with Crippen molar-refractivity contribution in [1.29, 1.82) is 0 Å². The molecule has 0 bridgehead atoms. The molecule has 0 aliphatic carbocycles. The van der Waals surface area contributed by atoms with Crippen LogP contribution in [0.4, 0.5) is 13.2 Å². The molecule has 0 saturated carbocycles. The van der Waals surface area contributed by atoms with Gasteiger partial charge in [0.25, 0.3) is 5.91 Å². The normalized spacial score (nSPS) is 17.2. The highest BCUT2D eigenvalue weighted by Gasteiger charge is 2.35. The summed E-state index contributed by atoms with van der Waals surface area (Å²) >= 11 is 0. The third-order valence-electron chi connectivity index (χ3n) is 4.13. The maximum Gasteiger partial charge on any atom is 0.434 e. The second-order valence-corrected chi connectivity index (χ2v) is 6.25. The Hall–Kier alpha value is -2.45. The molecule has 2 aromatic rings. The summed E-state index contributed by atoms with van der Waals surface area (Å²) in [6, 6.07) is 1.60. The van der Waals surface area contributed by atoms with E-state index in [0.717, 1.165) is 6.20 Å². The van der Waals surface area contributed by atoms with Crippen molar-refractivity contribution in [1.82, 2.24) is 24.8 Å². The monoisotopic (exact) mass is 353 g/mol. The smallest absolute Gasteiger partial charge is 0.350 e. The number of hydrogen-bond acceptors (Lipinski definition) is 4. The van der Waals surface area contributed by atoms with E-state index in [9.17, 15) is 18.0 Å². The van der Waals surface area contributed by atoms with E-state index in [2.05, 4.69) is 20.3 Å². The summed E-state index contributed by atoms with van der Waals surface area (Å²) in [6.07, 6.45) is -2.25. The second-order valence-electron chi connectivity index (χ2n) is 6.25. The van der Waals surface area contributed by atoms with E-state index in [1.807, 2.05) is 0 Å². The zero-order chi connectivity index (χ0) is 18.2. The van der Waals surface area contributed by atoms with E-state index in [1.165, 1.54) is 4.57 Å². The summed E-state index contributed by atoms with van der Waals surface area (Å²) in [5.74, 6) is 0.708. The summed E-state index contributed by atoms with van der Waals surface area (Å²) in [5, 5.41) is 2.81. The Bertz CT molecular complexity index is 779. The van der Waals surface area contributed by atoms with Crippen molar-refractivity contribution in [3.05, 3.63) is 41.0 Å². The van der Waals surface area contributed by atoms with Gasteiger partial charge in [-0.15, -0.1) is 0 Å². The number of fused-ring (bicyclic) bond motifs is 1. The van der Waals surface area contributed by atoms with E-state index in [-0.39, 0.29) is 11.8 Å². The van der Waals surface area contributed by atoms with E-state index >= 15 is 0 Å². The third-order valence-corrected chi connectivity index (χ3v) is 4.13. The topological polar surface area (TPSA) is 72.7 Å².